The van der Waals surface area contributed by atoms with Gasteiger partial charge in [-0.15, -0.1) is 22.7 Å². The molecular weight excluding hydrogens is 352 g/mol. The molecule has 0 spiro atoms. The van der Waals surface area contributed by atoms with Crippen molar-refractivity contribution in [3.05, 3.63) is 71.8 Å². The fraction of sp³-hybridized carbons (Fsp3) is 0.0833. The normalized spacial score (nSPS) is 12.2. The highest BCUT2D eigenvalue weighted by Gasteiger charge is 2.10. The van der Waals surface area contributed by atoms with Crippen LogP contribution in [-0.4, -0.2) is 0 Å². The van der Waals surface area contributed by atoms with Crippen molar-refractivity contribution in [1.82, 2.24) is 0 Å². The number of rotatable bonds is 0. The first kappa shape index (κ1) is 14.7. The number of benzene rings is 4. The molecule has 0 aliphatic heterocycles. The van der Waals surface area contributed by atoms with Gasteiger partial charge >= 0.3 is 0 Å². The number of hydrogen-bond donors (Lipinski definition) is 0. The van der Waals surface area contributed by atoms with Crippen LogP contribution in [0, 0.1) is 13.8 Å². The second kappa shape index (κ2) is 5.06. The van der Waals surface area contributed by atoms with E-state index in [0.29, 0.717) is 0 Å². The van der Waals surface area contributed by atoms with Crippen LogP contribution >= 0.6 is 22.7 Å². The first-order chi connectivity index (χ1) is 12.7. The van der Waals surface area contributed by atoms with Gasteiger partial charge < -0.3 is 0 Å². The molecule has 0 unspecified atom stereocenters. The average molecular weight is 369 g/mol. The van der Waals surface area contributed by atoms with Crippen LogP contribution < -0.4 is 0 Å². The second-order valence-electron chi connectivity index (χ2n) is 7.25. The zero-order valence-corrected chi connectivity index (χ0v) is 16.2. The van der Waals surface area contributed by atoms with E-state index in [1.165, 1.54) is 62.2 Å². The van der Waals surface area contributed by atoms with E-state index in [2.05, 4.69) is 74.5 Å². The zero-order valence-electron chi connectivity index (χ0n) is 14.6. The minimum Gasteiger partial charge on any atom is -0.135 e. The maximum absolute atomic E-state index is 2.39. The third-order valence-corrected chi connectivity index (χ3v) is 7.59. The molecule has 0 N–H and O–H groups in total. The van der Waals surface area contributed by atoms with E-state index in [0.717, 1.165) is 0 Å². The van der Waals surface area contributed by atoms with Gasteiger partial charge in [-0.25, -0.2) is 0 Å². The van der Waals surface area contributed by atoms with Gasteiger partial charge in [-0.2, -0.15) is 0 Å². The Morgan fingerprint density at radius 3 is 1.35 bits per heavy atom. The number of thiophene rings is 2. The Kier molecular flexibility index (Phi) is 2.87. The first-order valence-electron chi connectivity index (χ1n) is 8.85. The van der Waals surface area contributed by atoms with E-state index < -0.39 is 0 Å². The Labute approximate surface area is 159 Å². The van der Waals surface area contributed by atoms with Crippen LogP contribution in [0.2, 0.25) is 0 Å². The van der Waals surface area contributed by atoms with Gasteiger partial charge in [0.2, 0.25) is 0 Å². The zero-order chi connectivity index (χ0) is 17.4. The average Bonchev–Trinajstić information content (AvgIpc) is 3.15. The molecule has 0 radical (unpaired) electrons. The van der Waals surface area contributed by atoms with Crippen LogP contribution in [0.25, 0.3) is 51.1 Å². The monoisotopic (exact) mass is 368 g/mol. The van der Waals surface area contributed by atoms with Crippen LogP contribution in [-0.2, 0) is 0 Å². The molecule has 0 saturated carbocycles. The van der Waals surface area contributed by atoms with E-state index in [4.69, 9.17) is 0 Å². The lowest BCUT2D eigenvalue weighted by molar-refractivity contribution is 1.52. The van der Waals surface area contributed by atoms with Gasteiger partial charge in [0.05, 0.1) is 0 Å². The summed E-state index contributed by atoms with van der Waals surface area (Å²) < 4.78 is 5.52. The highest BCUT2D eigenvalue weighted by molar-refractivity contribution is 7.26. The molecule has 0 fully saturated rings. The standard InChI is InChI=1S/C24H16S2/c1-13-3-5-21-17(7-13)19-9-15-12-24-20(10-16(15)11-23(19)25-21)18-8-14(2)4-6-22(18)26-24/h3-12H,1-2H3. The summed E-state index contributed by atoms with van der Waals surface area (Å²) in [5.41, 5.74) is 2.65. The van der Waals surface area contributed by atoms with Crippen LogP contribution in [0.4, 0.5) is 0 Å². The van der Waals surface area contributed by atoms with E-state index in [9.17, 15) is 0 Å². The van der Waals surface area contributed by atoms with Gasteiger partial charge in [0.15, 0.2) is 0 Å². The van der Waals surface area contributed by atoms with E-state index >= 15 is 0 Å². The molecule has 2 heterocycles. The van der Waals surface area contributed by atoms with Gasteiger partial charge in [0.1, 0.15) is 0 Å². The molecule has 0 bridgehead atoms. The predicted molar refractivity (Wildman–Crippen MR) is 119 cm³/mol. The molecular formula is C24H16S2. The summed E-state index contributed by atoms with van der Waals surface area (Å²) in [5.74, 6) is 0. The SMILES string of the molecule is Cc1ccc2sc3cc4cc5c(cc4cc3c2c1)sc1ccc(C)cc15. The number of hydrogen-bond acceptors (Lipinski definition) is 2. The Bertz CT molecular complexity index is 1380. The van der Waals surface area contributed by atoms with Crippen molar-refractivity contribution in [2.24, 2.45) is 0 Å². The third kappa shape index (κ3) is 2.00. The quantitative estimate of drug-likeness (QED) is 0.253. The van der Waals surface area contributed by atoms with Gasteiger partial charge in [-0.1, -0.05) is 23.3 Å². The lowest BCUT2D eigenvalue weighted by atomic mass is 10.0. The summed E-state index contributed by atoms with van der Waals surface area (Å²) in [6, 6.07) is 23.1. The Morgan fingerprint density at radius 1 is 0.462 bits per heavy atom. The fourth-order valence-electron chi connectivity index (χ4n) is 4.02. The molecule has 4 aromatic carbocycles. The Hall–Kier alpha value is -2.42. The number of fused-ring (bicyclic) bond motifs is 7. The van der Waals surface area contributed by atoms with Crippen LogP contribution in [0.15, 0.2) is 60.7 Å². The molecule has 0 saturated heterocycles. The van der Waals surface area contributed by atoms with Crippen molar-refractivity contribution < 1.29 is 0 Å². The van der Waals surface area contributed by atoms with Crippen molar-refractivity contribution in [3.63, 3.8) is 0 Å². The molecule has 0 amide bonds. The molecule has 0 atom stereocenters. The summed E-state index contributed by atoms with van der Waals surface area (Å²) in [5, 5.41) is 8.23. The molecule has 2 heteroatoms. The summed E-state index contributed by atoms with van der Waals surface area (Å²) in [7, 11) is 0. The van der Waals surface area contributed by atoms with E-state index in [1.54, 1.807) is 0 Å². The van der Waals surface area contributed by atoms with Gasteiger partial charge in [-0.3, -0.25) is 0 Å². The minimum absolute atomic E-state index is 1.33. The molecule has 0 aliphatic rings. The van der Waals surface area contributed by atoms with Gasteiger partial charge in [0.25, 0.3) is 0 Å². The van der Waals surface area contributed by atoms with Crippen molar-refractivity contribution >= 4 is 73.8 Å². The third-order valence-electron chi connectivity index (χ3n) is 5.33. The molecule has 0 aliphatic carbocycles. The molecule has 6 rings (SSSR count). The van der Waals surface area contributed by atoms with Crippen molar-refractivity contribution in [1.29, 1.82) is 0 Å². The molecule has 6 aromatic rings. The summed E-state index contributed by atoms with van der Waals surface area (Å²) in [6.07, 6.45) is 0. The van der Waals surface area contributed by atoms with Gasteiger partial charge in [0, 0.05) is 40.3 Å². The van der Waals surface area contributed by atoms with Crippen molar-refractivity contribution in [2.75, 3.05) is 0 Å². The maximum atomic E-state index is 2.39. The van der Waals surface area contributed by atoms with E-state index in [-0.39, 0.29) is 0 Å². The van der Waals surface area contributed by atoms with Crippen LogP contribution in [0.1, 0.15) is 11.1 Å². The topological polar surface area (TPSA) is 0 Å². The van der Waals surface area contributed by atoms with Crippen LogP contribution in [0.5, 0.6) is 0 Å². The fourth-order valence-corrected chi connectivity index (χ4v) is 6.25. The van der Waals surface area contributed by atoms with Crippen molar-refractivity contribution in [3.8, 4) is 0 Å². The predicted octanol–water partition coefficient (Wildman–Crippen LogP) is 8.19. The summed E-state index contributed by atoms with van der Waals surface area (Å²) >= 11 is 3.80. The highest BCUT2D eigenvalue weighted by atomic mass is 32.1. The minimum atomic E-state index is 1.33. The maximum Gasteiger partial charge on any atom is 0.0361 e. The molecule has 0 nitrogen and oxygen atoms in total. The largest absolute Gasteiger partial charge is 0.135 e. The summed E-state index contributed by atoms with van der Waals surface area (Å²) in [6.45, 7) is 4.35. The first-order valence-corrected chi connectivity index (χ1v) is 10.5. The second-order valence-corrected chi connectivity index (χ2v) is 9.41. The van der Waals surface area contributed by atoms with Crippen LogP contribution in [0.3, 0.4) is 0 Å². The highest BCUT2D eigenvalue weighted by Crippen LogP contribution is 2.41. The molecule has 2 aromatic heterocycles. The van der Waals surface area contributed by atoms with E-state index in [1.807, 2.05) is 22.7 Å². The number of aryl methyl sites for hydroxylation is 2. The summed E-state index contributed by atoms with van der Waals surface area (Å²) in [4.78, 5) is 0. The van der Waals surface area contributed by atoms with Gasteiger partial charge in [-0.05, 0) is 73.2 Å². The lowest BCUT2D eigenvalue weighted by Gasteiger charge is -2.01. The van der Waals surface area contributed by atoms with Crippen molar-refractivity contribution in [2.45, 2.75) is 13.8 Å². The Balaban J connectivity index is 1.76. The smallest absolute Gasteiger partial charge is 0.0361 e. The molecule has 124 valence electrons. The molecule has 26 heavy (non-hydrogen) atoms. The lowest BCUT2D eigenvalue weighted by Crippen LogP contribution is -1.75. The Morgan fingerprint density at radius 2 is 0.885 bits per heavy atom.